The highest BCUT2D eigenvalue weighted by atomic mass is 35.5. The second-order valence-electron chi connectivity index (χ2n) is 9.21. The van der Waals surface area contributed by atoms with Gasteiger partial charge in [0.25, 0.3) is 5.56 Å². The molecule has 11 nitrogen and oxygen atoms in total. The van der Waals surface area contributed by atoms with Crippen LogP contribution in [-0.4, -0.2) is 38.2 Å². The van der Waals surface area contributed by atoms with Crippen molar-refractivity contribution in [3.05, 3.63) is 117 Å². The zero-order valence-electron chi connectivity index (χ0n) is 22.6. The van der Waals surface area contributed by atoms with Crippen LogP contribution in [0.15, 0.2) is 83.9 Å². The number of aromatic nitrogens is 3. The van der Waals surface area contributed by atoms with Crippen LogP contribution in [0, 0.1) is 0 Å². The molecule has 0 unspecified atom stereocenters. The molecule has 43 heavy (non-hydrogen) atoms. The molecule has 0 radical (unpaired) electrons. The number of rotatable bonds is 12. The lowest BCUT2D eigenvalue weighted by molar-refractivity contribution is -0.121. The standard InChI is InChI=1S/C29H27ClF2N6O5/c30-23-15-35-26(37-18-29(31,32)25-22(39)11-6-12-33-25)27(41)38(23)16-24(40)34-13-20-9-4-5-10-21(20)14-36-28(42)43-17-19-7-2-1-3-8-19/h1-12,15,39H,13-14,16-18H2,(H,34,40)(H,35,37)(H,36,42). The number of pyridine rings is 1. The van der Waals surface area contributed by atoms with Crippen LogP contribution in [0.2, 0.25) is 5.15 Å². The van der Waals surface area contributed by atoms with Gasteiger partial charge in [0.15, 0.2) is 11.5 Å². The summed E-state index contributed by atoms with van der Waals surface area (Å²) in [5.74, 6) is -5.40. The molecule has 2 heterocycles. The highest BCUT2D eigenvalue weighted by Gasteiger charge is 2.36. The van der Waals surface area contributed by atoms with Crippen LogP contribution in [0.3, 0.4) is 0 Å². The van der Waals surface area contributed by atoms with Crippen molar-refractivity contribution < 1.29 is 28.2 Å². The molecule has 0 saturated carbocycles. The van der Waals surface area contributed by atoms with Crippen LogP contribution in [0.25, 0.3) is 0 Å². The van der Waals surface area contributed by atoms with Gasteiger partial charge in [0.2, 0.25) is 5.91 Å². The summed E-state index contributed by atoms with van der Waals surface area (Å²) in [5.41, 5.74) is 0.512. The second kappa shape index (κ2) is 14.2. The number of alkyl carbamates (subject to hydrolysis) is 1. The molecule has 0 spiro atoms. The minimum atomic E-state index is -3.64. The number of nitrogens with one attached hydrogen (secondary N) is 3. The quantitative estimate of drug-likeness (QED) is 0.188. The van der Waals surface area contributed by atoms with E-state index in [1.54, 1.807) is 24.3 Å². The maximum Gasteiger partial charge on any atom is 0.407 e. The van der Waals surface area contributed by atoms with E-state index in [-0.39, 0.29) is 24.8 Å². The van der Waals surface area contributed by atoms with Gasteiger partial charge in [0.1, 0.15) is 24.1 Å². The molecule has 0 saturated heterocycles. The lowest BCUT2D eigenvalue weighted by Gasteiger charge is -2.18. The van der Waals surface area contributed by atoms with E-state index >= 15 is 0 Å². The predicted octanol–water partition coefficient (Wildman–Crippen LogP) is 3.94. The minimum Gasteiger partial charge on any atom is -0.506 e. The lowest BCUT2D eigenvalue weighted by atomic mass is 10.1. The number of benzene rings is 2. The number of carbonyl (C=O) groups is 2. The maximum atomic E-state index is 14.6. The summed E-state index contributed by atoms with van der Waals surface area (Å²) >= 11 is 6.08. The Balaban J connectivity index is 1.33. The molecule has 4 aromatic rings. The van der Waals surface area contributed by atoms with E-state index < -0.39 is 53.8 Å². The van der Waals surface area contributed by atoms with Gasteiger partial charge >= 0.3 is 12.0 Å². The molecule has 0 bridgehead atoms. The summed E-state index contributed by atoms with van der Waals surface area (Å²) < 4.78 is 35.3. The van der Waals surface area contributed by atoms with Crippen LogP contribution in [0.4, 0.5) is 19.4 Å². The smallest absolute Gasteiger partial charge is 0.407 e. The van der Waals surface area contributed by atoms with Crippen LogP contribution in [0.1, 0.15) is 22.4 Å². The van der Waals surface area contributed by atoms with Crippen molar-refractivity contribution in [3.63, 3.8) is 0 Å². The number of aromatic hydroxyl groups is 1. The molecule has 0 aliphatic rings. The number of hydrogen-bond acceptors (Lipinski definition) is 8. The first-order chi connectivity index (χ1) is 20.6. The summed E-state index contributed by atoms with van der Waals surface area (Å²) in [7, 11) is 0. The molecule has 0 fully saturated rings. The second-order valence-corrected chi connectivity index (χ2v) is 9.60. The summed E-state index contributed by atoms with van der Waals surface area (Å²) in [6, 6.07) is 18.7. The summed E-state index contributed by atoms with van der Waals surface area (Å²) in [4.78, 5) is 45.0. The van der Waals surface area contributed by atoms with Crippen molar-refractivity contribution in [1.29, 1.82) is 0 Å². The minimum absolute atomic E-state index is 0.0676. The van der Waals surface area contributed by atoms with E-state index in [4.69, 9.17) is 16.3 Å². The zero-order chi connectivity index (χ0) is 30.8. The molecule has 0 atom stereocenters. The molecule has 4 N–H and O–H groups in total. The van der Waals surface area contributed by atoms with E-state index in [9.17, 15) is 28.3 Å². The number of hydrogen-bond donors (Lipinski definition) is 4. The van der Waals surface area contributed by atoms with Gasteiger partial charge < -0.3 is 25.8 Å². The topological polar surface area (TPSA) is 147 Å². The van der Waals surface area contributed by atoms with E-state index in [0.29, 0.717) is 5.56 Å². The van der Waals surface area contributed by atoms with Crippen molar-refractivity contribution in [2.45, 2.75) is 32.2 Å². The number of carbonyl (C=O) groups excluding carboxylic acids is 2. The number of ether oxygens (including phenoxy) is 1. The van der Waals surface area contributed by atoms with Crippen molar-refractivity contribution in [1.82, 2.24) is 25.2 Å². The summed E-state index contributed by atoms with van der Waals surface area (Å²) in [6.07, 6.45) is 1.55. The van der Waals surface area contributed by atoms with Crippen molar-refractivity contribution in [2.24, 2.45) is 0 Å². The van der Waals surface area contributed by atoms with Gasteiger partial charge in [-0.25, -0.2) is 9.78 Å². The summed E-state index contributed by atoms with van der Waals surface area (Å²) in [5, 5.41) is 17.1. The van der Waals surface area contributed by atoms with E-state index in [0.717, 1.165) is 34.2 Å². The first-order valence-corrected chi connectivity index (χ1v) is 13.3. The van der Waals surface area contributed by atoms with Crippen LogP contribution in [-0.2, 0) is 41.7 Å². The SMILES string of the molecule is O=C(Cn1c(Cl)cnc(NCC(F)(F)c2ncccc2O)c1=O)NCc1ccccc1CNC(=O)OCc1ccccc1. The average molecular weight is 613 g/mol. The van der Waals surface area contributed by atoms with E-state index in [1.165, 1.54) is 6.07 Å². The van der Waals surface area contributed by atoms with Gasteiger partial charge in [-0.1, -0.05) is 66.2 Å². The molecule has 2 amide bonds. The maximum absolute atomic E-state index is 14.6. The Labute approximate surface area is 249 Å². The molecule has 0 aliphatic heterocycles. The predicted molar refractivity (Wildman–Crippen MR) is 154 cm³/mol. The first-order valence-electron chi connectivity index (χ1n) is 12.9. The molecule has 2 aromatic heterocycles. The largest absolute Gasteiger partial charge is 0.506 e. The van der Waals surface area contributed by atoms with Crippen molar-refractivity contribution >= 4 is 29.4 Å². The Kier molecular flexibility index (Phi) is 10.2. The van der Waals surface area contributed by atoms with E-state index in [1.807, 2.05) is 30.3 Å². The Morgan fingerprint density at radius 3 is 2.33 bits per heavy atom. The molecular weight excluding hydrogens is 586 g/mol. The van der Waals surface area contributed by atoms with Gasteiger partial charge in [0, 0.05) is 19.3 Å². The third-order valence-electron chi connectivity index (χ3n) is 6.15. The van der Waals surface area contributed by atoms with E-state index in [2.05, 4.69) is 25.9 Å². The fourth-order valence-electron chi connectivity index (χ4n) is 3.93. The highest BCUT2D eigenvalue weighted by molar-refractivity contribution is 6.29. The molecule has 4 rings (SSSR count). The Morgan fingerprint density at radius 2 is 1.63 bits per heavy atom. The van der Waals surface area contributed by atoms with Crippen LogP contribution in [0.5, 0.6) is 5.75 Å². The highest BCUT2D eigenvalue weighted by Crippen LogP contribution is 2.32. The fourth-order valence-corrected chi connectivity index (χ4v) is 4.12. The van der Waals surface area contributed by atoms with Gasteiger partial charge in [-0.15, -0.1) is 0 Å². The number of nitrogens with zero attached hydrogens (tertiary/aromatic N) is 3. The third kappa shape index (κ3) is 8.49. The normalized spacial score (nSPS) is 11.0. The third-order valence-corrected chi connectivity index (χ3v) is 6.45. The molecular formula is C29H27ClF2N6O5. The van der Waals surface area contributed by atoms with Gasteiger partial charge in [0.05, 0.1) is 12.7 Å². The fraction of sp³-hybridized carbons (Fsp3) is 0.207. The average Bonchev–Trinajstić information content (AvgIpc) is 3.00. The molecule has 0 aliphatic carbocycles. The van der Waals surface area contributed by atoms with Crippen LogP contribution >= 0.6 is 11.6 Å². The van der Waals surface area contributed by atoms with Gasteiger partial charge in [-0.2, -0.15) is 8.78 Å². The number of amides is 2. The number of anilines is 1. The van der Waals surface area contributed by atoms with Crippen molar-refractivity contribution in [2.75, 3.05) is 11.9 Å². The number of halogens is 3. The summed E-state index contributed by atoms with van der Waals surface area (Å²) in [6.45, 7) is -1.28. The van der Waals surface area contributed by atoms with Crippen LogP contribution < -0.4 is 21.5 Å². The molecule has 14 heteroatoms. The lowest BCUT2D eigenvalue weighted by Crippen LogP contribution is -2.35. The van der Waals surface area contributed by atoms with Gasteiger partial charge in [-0.3, -0.25) is 19.1 Å². The number of alkyl halides is 2. The molecule has 2 aromatic carbocycles. The Bertz CT molecular complexity index is 1640. The Morgan fingerprint density at radius 1 is 0.953 bits per heavy atom. The first kappa shape index (κ1) is 30.9. The molecule has 224 valence electrons. The monoisotopic (exact) mass is 612 g/mol. The van der Waals surface area contributed by atoms with Gasteiger partial charge in [-0.05, 0) is 28.8 Å². The zero-order valence-corrected chi connectivity index (χ0v) is 23.4. The Hall–Kier alpha value is -5.04. The van der Waals surface area contributed by atoms with Crippen molar-refractivity contribution in [3.8, 4) is 5.75 Å².